The zero-order chi connectivity index (χ0) is 20.0. The number of carbonyl (C=O) groups is 1. The number of H-pyrrole nitrogens is 1. The first kappa shape index (κ1) is 17.8. The quantitative estimate of drug-likeness (QED) is 0.611. The molecule has 3 N–H and O–H groups in total. The van der Waals surface area contributed by atoms with Crippen LogP contribution in [0.5, 0.6) is 0 Å². The molecule has 1 aliphatic carbocycles. The van der Waals surface area contributed by atoms with E-state index in [1.807, 2.05) is 31.0 Å². The molecule has 0 aromatic carbocycles. The predicted octanol–water partition coefficient (Wildman–Crippen LogP) is 1.63. The van der Waals surface area contributed by atoms with E-state index in [1.54, 1.807) is 0 Å². The van der Waals surface area contributed by atoms with Crippen LogP contribution in [-0.4, -0.2) is 65.2 Å². The van der Waals surface area contributed by atoms with Crippen molar-refractivity contribution in [2.24, 2.45) is 11.8 Å². The molecular weight excluding hydrogens is 372 g/mol. The van der Waals surface area contributed by atoms with Gasteiger partial charge in [0.15, 0.2) is 0 Å². The Bertz CT molecular complexity index is 1030. The first-order valence-corrected chi connectivity index (χ1v) is 10.0. The van der Waals surface area contributed by atoms with Gasteiger partial charge in [-0.15, -0.1) is 5.10 Å². The fourth-order valence-electron chi connectivity index (χ4n) is 4.54. The number of tetrazole rings is 1. The van der Waals surface area contributed by atoms with Crippen molar-refractivity contribution in [2.45, 2.75) is 39.3 Å². The molecule has 2 aliphatic rings. The molecular formula is C18H24N10O. The summed E-state index contributed by atoms with van der Waals surface area (Å²) in [4.78, 5) is 28.0. The van der Waals surface area contributed by atoms with E-state index >= 15 is 0 Å². The van der Waals surface area contributed by atoms with Crippen molar-refractivity contribution in [3.05, 3.63) is 18.1 Å². The third-order valence-electron chi connectivity index (χ3n) is 5.86. The van der Waals surface area contributed by atoms with Gasteiger partial charge in [0.2, 0.25) is 0 Å². The number of likely N-dealkylation sites (tertiary alicyclic amines) is 1. The first-order valence-electron chi connectivity index (χ1n) is 10.0. The van der Waals surface area contributed by atoms with Crippen LogP contribution >= 0.6 is 0 Å². The Kier molecular flexibility index (Phi) is 4.29. The van der Waals surface area contributed by atoms with Gasteiger partial charge in [-0.3, -0.25) is 5.32 Å². The Morgan fingerprint density at radius 2 is 2.07 bits per heavy atom. The summed E-state index contributed by atoms with van der Waals surface area (Å²) >= 11 is 0. The van der Waals surface area contributed by atoms with Gasteiger partial charge in [0.05, 0.1) is 11.9 Å². The molecule has 152 valence electrons. The standard InChI is InChI=1S/C18H24N10O/c1-3-28-25-17(24-26-28)23-18(29)27-8-11-6-13(7-12(11)9-27)22-16-14-4-5-19-15(14)20-10(2)21-16/h4-5,11-13H,3,6-9H2,1-2H3,(H,23,25,29)(H2,19,20,21,22)/t11-,12+,13-. The molecule has 2 amide bonds. The summed E-state index contributed by atoms with van der Waals surface area (Å²) in [7, 11) is 0. The van der Waals surface area contributed by atoms with E-state index in [9.17, 15) is 4.79 Å². The third-order valence-corrected chi connectivity index (χ3v) is 5.86. The molecule has 11 heteroatoms. The fraction of sp³-hybridized carbons (Fsp3) is 0.556. The van der Waals surface area contributed by atoms with Gasteiger partial charge in [0.1, 0.15) is 17.3 Å². The van der Waals surface area contributed by atoms with Crippen LogP contribution in [0.25, 0.3) is 11.0 Å². The van der Waals surface area contributed by atoms with Crippen LogP contribution in [-0.2, 0) is 6.54 Å². The van der Waals surface area contributed by atoms with Crippen molar-refractivity contribution in [1.29, 1.82) is 0 Å². The molecule has 4 heterocycles. The Morgan fingerprint density at radius 1 is 1.28 bits per heavy atom. The molecule has 0 unspecified atom stereocenters. The highest BCUT2D eigenvalue weighted by Gasteiger charge is 2.42. The second-order valence-electron chi connectivity index (χ2n) is 7.83. The second kappa shape index (κ2) is 6.98. The number of aromatic amines is 1. The molecule has 0 radical (unpaired) electrons. The van der Waals surface area contributed by atoms with Crippen LogP contribution in [0.15, 0.2) is 12.3 Å². The molecule has 3 atom stereocenters. The molecule has 1 saturated heterocycles. The zero-order valence-corrected chi connectivity index (χ0v) is 16.5. The van der Waals surface area contributed by atoms with Gasteiger partial charge < -0.3 is 15.2 Å². The Balaban J connectivity index is 1.19. The van der Waals surface area contributed by atoms with E-state index in [1.165, 1.54) is 4.80 Å². The second-order valence-corrected chi connectivity index (χ2v) is 7.83. The van der Waals surface area contributed by atoms with Crippen molar-refractivity contribution in [1.82, 2.24) is 40.1 Å². The van der Waals surface area contributed by atoms with Gasteiger partial charge in [-0.25, -0.2) is 14.8 Å². The summed E-state index contributed by atoms with van der Waals surface area (Å²) in [5.74, 6) is 2.86. The topological polar surface area (TPSA) is 130 Å². The zero-order valence-electron chi connectivity index (χ0n) is 16.5. The molecule has 3 aromatic rings. The van der Waals surface area contributed by atoms with Crippen LogP contribution in [0.3, 0.4) is 0 Å². The van der Waals surface area contributed by atoms with Crippen LogP contribution < -0.4 is 10.6 Å². The minimum Gasteiger partial charge on any atom is -0.367 e. The monoisotopic (exact) mass is 396 g/mol. The van der Waals surface area contributed by atoms with Crippen LogP contribution in [0.4, 0.5) is 16.6 Å². The number of aromatic nitrogens is 7. The van der Waals surface area contributed by atoms with Gasteiger partial charge in [-0.05, 0) is 49.8 Å². The summed E-state index contributed by atoms with van der Waals surface area (Å²) in [5.41, 5.74) is 0.856. The molecule has 29 heavy (non-hydrogen) atoms. The summed E-state index contributed by atoms with van der Waals surface area (Å²) < 4.78 is 0. The Hall–Kier alpha value is -3.24. The molecule has 5 rings (SSSR count). The average molecular weight is 396 g/mol. The molecule has 0 bridgehead atoms. The fourth-order valence-corrected chi connectivity index (χ4v) is 4.54. The number of fused-ring (bicyclic) bond motifs is 2. The van der Waals surface area contributed by atoms with E-state index in [4.69, 9.17) is 0 Å². The largest absolute Gasteiger partial charge is 0.367 e. The van der Waals surface area contributed by atoms with E-state index in [0.717, 1.165) is 48.6 Å². The maximum atomic E-state index is 12.5. The normalized spacial score (nSPS) is 23.5. The van der Waals surface area contributed by atoms with Crippen molar-refractivity contribution >= 4 is 28.8 Å². The van der Waals surface area contributed by atoms with Gasteiger partial charge in [-0.2, -0.15) is 4.80 Å². The number of hydrogen-bond donors (Lipinski definition) is 3. The number of nitrogens with one attached hydrogen (secondary N) is 3. The lowest BCUT2D eigenvalue weighted by Crippen LogP contribution is -2.35. The smallest absolute Gasteiger partial charge is 0.324 e. The minimum atomic E-state index is -0.153. The first-order chi connectivity index (χ1) is 14.1. The number of urea groups is 1. The number of anilines is 2. The van der Waals surface area contributed by atoms with Gasteiger partial charge in [0, 0.05) is 25.3 Å². The molecule has 2 fully saturated rings. The minimum absolute atomic E-state index is 0.153. The number of aryl methyl sites for hydroxylation is 2. The summed E-state index contributed by atoms with van der Waals surface area (Å²) in [5, 5.41) is 19.2. The van der Waals surface area contributed by atoms with Crippen LogP contribution in [0.2, 0.25) is 0 Å². The Labute approximate surface area is 167 Å². The Morgan fingerprint density at radius 3 is 2.79 bits per heavy atom. The summed E-state index contributed by atoms with van der Waals surface area (Å²) in [6.45, 7) is 5.94. The van der Waals surface area contributed by atoms with E-state index in [2.05, 4.69) is 41.0 Å². The van der Waals surface area contributed by atoms with Gasteiger partial charge >= 0.3 is 6.03 Å². The lowest BCUT2D eigenvalue weighted by atomic mass is 10.0. The highest BCUT2D eigenvalue weighted by molar-refractivity contribution is 5.88. The molecule has 0 spiro atoms. The number of carbonyl (C=O) groups excluding carboxylic acids is 1. The van der Waals surface area contributed by atoms with Crippen LogP contribution in [0.1, 0.15) is 25.6 Å². The van der Waals surface area contributed by atoms with E-state index in [-0.39, 0.29) is 12.0 Å². The van der Waals surface area contributed by atoms with Crippen molar-refractivity contribution < 1.29 is 4.79 Å². The average Bonchev–Trinajstić information content (AvgIpc) is 3.44. The van der Waals surface area contributed by atoms with Gasteiger partial charge in [-0.1, -0.05) is 5.10 Å². The molecule has 1 aliphatic heterocycles. The lowest BCUT2D eigenvalue weighted by molar-refractivity contribution is 0.218. The molecule has 11 nitrogen and oxygen atoms in total. The summed E-state index contributed by atoms with van der Waals surface area (Å²) in [6.07, 6.45) is 3.93. The number of hydrogen-bond acceptors (Lipinski definition) is 7. The summed E-state index contributed by atoms with van der Waals surface area (Å²) in [6, 6.07) is 2.20. The van der Waals surface area contributed by atoms with Crippen molar-refractivity contribution in [2.75, 3.05) is 23.7 Å². The van der Waals surface area contributed by atoms with E-state index in [0.29, 0.717) is 24.4 Å². The predicted molar refractivity (Wildman–Crippen MR) is 106 cm³/mol. The van der Waals surface area contributed by atoms with Crippen molar-refractivity contribution in [3.63, 3.8) is 0 Å². The molecule has 1 saturated carbocycles. The maximum Gasteiger partial charge on any atom is 0.324 e. The third kappa shape index (κ3) is 3.36. The van der Waals surface area contributed by atoms with Crippen LogP contribution in [0, 0.1) is 18.8 Å². The maximum absolute atomic E-state index is 12.5. The highest BCUT2D eigenvalue weighted by atomic mass is 16.2. The lowest BCUT2D eigenvalue weighted by Gasteiger charge is -2.20. The van der Waals surface area contributed by atoms with Crippen molar-refractivity contribution in [3.8, 4) is 0 Å². The highest BCUT2D eigenvalue weighted by Crippen LogP contribution is 2.39. The molecule has 3 aromatic heterocycles. The number of rotatable bonds is 4. The number of nitrogens with zero attached hydrogens (tertiary/aromatic N) is 7. The SMILES string of the molecule is CCn1nnc(NC(=O)N2C[C@H]3C[C@@H](Nc4nc(C)nc5[nH]ccc45)C[C@H]3C2)n1. The van der Waals surface area contributed by atoms with E-state index < -0.39 is 0 Å². The van der Waals surface area contributed by atoms with Gasteiger partial charge in [0.25, 0.3) is 5.95 Å². The number of amides is 2.